The Bertz CT molecular complexity index is 430. The molecule has 0 aliphatic carbocycles. The lowest BCUT2D eigenvalue weighted by molar-refractivity contribution is 0.560. The fourth-order valence-electron chi connectivity index (χ4n) is 1.58. The molecule has 0 fully saturated rings. The number of rotatable bonds is 4. The molecule has 100 valence electrons. The predicted molar refractivity (Wildman–Crippen MR) is 69.5 cm³/mol. The van der Waals surface area contributed by atoms with E-state index in [1.165, 1.54) is 12.1 Å². The van der Waals surface area contributed by atoms with E-state index >= 15 is 0 Å². The second-order valence-electron chi connectivity index (χ2n) is 4.59. The molecule has 5 heteroatoms. The van der Waals surface area contributed by atoms with Crippen LogP contribution >= 0.6 is 0 Å². The molecule has 0 aliphatic rings. The fourth-order valence-corrected chi connectivity index (χ4v) is 1.58. The van der Waals surface area contributed by atoms with Gasteiger partial charge in [0.1, 0.15) is 11.6 Å². The molecule has 1 rings (SSSR count). The molecule has 0 aliphatic heterocycles. The molecule has 0 bridgehead atoms. The third-order valence-electron chi connectivity index (χ3n) is 2.47. The fraction of sp³-hybridized carbons (Fsp3) is 0.462. The zero-order valence-electron chi connectivity index (χ0n) is 10.9. The van der Waals surface area contributed by atoms with Gasteiger partial charge in [0.2, 0.25) is 0 Å². The van der Waals surface area contributed by atoms with Gasteiger partial charge in [-0.15, -0.1) is 0 Å². The van der Waals surface area contributed by atoms with Gasteiger partial charge in [-0.2, -0.15) is 0 Å². The summed E-state index contributed by atoms with van der Waals surface area (Å²) in [7, 11) is 0. The van der Waals surface area contributed by atoms with Crippen molar-refractivity contribution < 1.29 is 8.78 Å². The Kier molecular flexibility index (Phi) is 5.07. The van der Waals surface area contributed by atoms with Crippen LogP contribution in [0, 0.1) is 11.6 Å². The molecule has 0 saturated heterocycles. The Morgan fingerprint density at radius 2 is 2.00 bits per heavy atom. The van der Waals surface area contributed by atoms with Gasteiger partial charge in [-0.05, 0) is 25.5 Å². The average molecular weight is 255 g/mol. The molecule has 3 nitrogen and oxygen atoms in total. The molecular formula is C13H19F2N3. The van der Waals surface area contributed by atoms with E-state index < -0.39 is 11.6 Å². The third-order valence-corrected chi connectivity index (χ3v) is 2.47. The van der Waals surface area contributed by atoms with Gasteiger partial charge < -0.3 is 11.1 Å². The molecule has 1 atom stereocenters. The summed E-state index contributed by atoms with van der Waals surface area (Å²) >= 11 is 0. The molecule has 0 aromatic heterocycles. The first-order chi connectivity index (χ1) is 8.40. The van der Waals surface area contributed by atoms with Gasteiger partial charge in [-0.3, -0.25) is 4.99 Å². The number of hydrogen-bond acceptors (Lipinski definition) is 1. The van der Waals surface area contributed by atoms with E-state index in [1.807, 2.05) is 20.8 Å². The number of halogens is 2. The molecule has 18 heavy (non-hydrogen) atoms. The minimum Gasteiger partial charge on any atom is -0.370 e. The Morgan fingerprint density at radius 1 is 1.33 bits per heavy atom. The van der Waals surface area contributed by atoms with E-state index in [2.05, 4.69) is 10.3 Å². The minimum absolute atomic E-state index is 0.155. The van der Waals surface area contributed by atoms with Crippen molar-refractivity contribution in [3.63, 3.8) is 0 Å². The summed E-state index contributed by atoms with van der Waals surface area (Å²) in [6, 6.07) is 3.77. The van der Waals surface area contributed by atoms with E-state index in [1.54, 1.807) is 0 Å². The molecule has 0 amide bonds. The highest BCUT2D eigenvalue weighted by Crippen LogP contribution is 2.19. The first-order valence-corrected chi connectivity index (χ1v) is 5.91. The van der Waals surface area contributed by atoms with Crippen LogP contribution in [-0.4, -0.2) is 18.5 Å². The summed E-state index contributed by atoms with van der Waals surface area (Å²) < 4.78 is 26.3. The SMILES string of the molecule is CC(C)NC(N)=NCC(C)c1ccc(F)cc1F. The van der Waals surface area contributed by atoms with Crippen molar-refractivity contribution >= 4 is 5.96 Å². The lowest BCUT2D eigenvalue weighted by Gasteiger charge is -2.12. The molecule has 0 spiro atoms. The van der Waals surface area contributed by atoms with Crippen molar-refractivity contribution in [2.24, 2.45) is 10.7 Å². The maximum absolute atomic E-state index is 13.5. The maximum Gasteiger partial charge on any atom is 0.188 e. The summed E-state index contributed by atoms with van der Waals surface area (Å²) in [4.78, 5) is 4.13. The van der Waals surface area contributed by atoms with Crippen LogP contribution in [0.4, 0.5) is 8.78 Å². The van der Waals surface area contributed by atoms with Gasteiger partial charge in [0.15, 0.2) is 5.96 Å². The second kappa shape index (κ2) is 6.33. The van der Waals surface area contributed by atoms with E-state index in [9.17, 15) is 8.78 Å². The quantitative estimate of drug-likeness (QED) is 0.641. The zero-order valence-corrected chi connectivity index (χ0v) is 10.9. The maximum atomic E-state index is 13.5. The minimum atomic E-state index is -0.576. The topological polar surface area (TPSA) is 50.4 Å². The molecule has 0 saturated carbocycles. The van der Waals surface area contributed by atoms with Crippen molar-refractivity contribution in [3.8, 4) is 0 Å². The Morgan fingerprint density at radius 3 is 2.56 bits per heavy atom. The molecule has 0 radical (unpaired) electrons. The third kappa shape index (κ3) is 4.31. The van der Waals surface area contributed by atoms with Crippen LogP contribution < -0.4 is 11.1 Å². The standard InChI is InChI=1S/C13H19F2N3/c1-8(2)18-13(16)17-7-9(3)11-5-4-10(14)6-12(11)15/h4-6,8-9H,7H2,1-3H3,(H3,16,17,18). The van der Waals surface area contributed by atoms with Crippen molar-refractivity contribution in [2.45, 2.75) is 32.7 Å². The van der Waals surface area contributed by atoms with Gasteiger partial charge in [-0.25, -0.2) is 8.78 Å². The van der Waals surface area contributed by atoms with Crippen LogP contribution in [-0.2, 0) is 0 Å². The van der Waals surface area contributed by atoms with Crippen molar-refractivity contribution in [2.75, 3.05) is 6.54 Å². The average Bonchev–Trinajstić information content (AvgIpc) is 2.25. The normalized spacial score (nSPS) is 13.8. The first kappa shape index (κ1) is 14.4. The number of guanidine groups is 1. The van der Waals surface area contributed by atoms with Gasteiger partial charge in [0, 0.05) is 24.6 Å². The molecule has 3 N–H and O–H groups in total. The number of nitrogens with two attached hydrogens (primary N) is 1. The van der Waals surface area contributed by atoms with Crippen LogP contribution in [0.15, 0.2) is 23.2 Å². The molecule has 1 unspecified atom stereocenters. The summed E-state index contributed by atoms with van der Waals surface area (Å²) in [6.45, 7) is 6.08. The smallest absolute Gasteiger partial charge is 0.188 e. The lowest BCUT2D eigenvalue weighted by Crippen LogP contribution is -2.37. The Labute approximate surface area is 106 Å². The highest BCUT2D eigenvalue weighted by molar-refractivity contribution is 5.78. The van der Waals surface area contributed by atoms with Gasteiger partial charge in [-0.1, -0.05) is 13.0 Å². The van der Waals surface area contributed by atoms with Crippen LogP contribution in [0.1, 0.15) is 32.3 Å². The lowest BCUT2D eigenvalue weighted by atomic mass is 10.0. The summed E-state index contributed by atoms with van der Waals surface area (Å²) in [5.74, 6) is -0.946. The van der Waals surface area contributed by atoms with Crippen LogP contribution in [0.3, 0.4) is 0 Å². The number of nitrogens with zero attached hydrogens (tertiary/aromatic N) is 1. The van der Waals surface area contributed by atoms with Crippen molar-refractivity contribution in [1.29, 1.82) is 0 Å². The number of hydrogen-bond donors (Lipinski definition) is 2. The van der Waals surface area contributed by atoms with Crippen LogP contribution in [0.25, 0.3) is 0 Å². The predicted octanol–water partition coefficient (Wildman–Crippen LogP) is 2.38. The number of aliphatic imine (C=N–C) groups is 1. The second-order valence-corrected chi connectivity index (χ2v) is 4.59. The van der Waals surface area contributed by atoms with Crippen molar-refractivity contribution in [3.05, 3.63) is 35.4 Å². The summed E-state index contributed by atoms with van der Waals surface area (Å²) in [6.07, 6.45) is 0. The molecule has 1 aromatic rings. The zero-order chi connectivity index (χ0) is 13.7. The number of nitrogens with one attached hydrogen (secondary N) is 1. The summed E-state index contributed by atoms with van der Waals surface area (Å²) in [5, 5.41) is 2.95. The first-order valence-electron chi connectivity index (χ1n) is 5.91. The van der Waals surface area contributed by atoms with Crippen LogP contribution in [0.5, 0.6) is 0 Å². The van der Waals surface area contributed by atoms with Gasteiger partial charge >= 0.3 is 0 Å². The largest absolute Gasteiger partial charge is 0.370 e. The monoisotopic (exact) mass is 255 g/mol. The van der Waals surface area contributed by atoms with E-state index in [-0.39, 0.29) is 12.0 Å². The van der Waals surface area contributed by atoms with E-state index in [0.717, 1.165) is 6.07 Å². The van der Waals surface area contributed by atoms with Crippen LogP contribution in [0.2, 0.25) is 0 Å². The highest BCUT2D eigenvalue weighted by Gasteiger charge is 2.11. The summed E-state index contributed by atoms with van der Waals surface area (Å²) in [5.41, 5.74) is 6.09. The Hall–Kier alpha value is -1.65. The van der Waals surface area contributed by atoms with Gasteiger partial charge in [0.05, 0.1) is 0 Å². The van der Waals surface area contributed by atoms with Gasteiger partial charge in [0.25, 0.3) is 0 Å². The number of benzene rings is 1. The molecule has 0 heterocycles. The van der Waals surface area contributed by atoms with E-state index in [0.29, 0.717) is 18.1 Å². The Balaban J connectivity index is 2.68. The van der Waals surface area contributed by atoms with Crippen molar-refractivity contribution in [1.82, 2.24) is 5.32 Å². The molecular weight excluding hydrogens is 236 g/mol. The highest BCUT2D eigenvalue weighted by atomic mass is 19.1. The van der Waals surface area contributed by atoms with E-state index in [4.69, 9.17) is 5.73 Å². The molecule has 1 aromatic carbocycles.